The number of benzene rings is 1. The number of sulfonamides is 1. The molecular weight excluding hydrogens is 292 g/mol. The molecule has 0 fully saturated rings. The molecular formula is C13H20N4O3S. The van der Waals surface area contributed by atoms with E-state index in [4.69, 9.17) is 0 Å². The van der Waals surface area contributed by atoms with E-state index in [9.17, 15) is 13.2 Å². The highest BCUT2D eigenvalue weighted by Crippen LogP contribution is 2.11. The Morgan fingerprint density at radius 3 is 2.24 bits per heavy atom. The van der Waals surface area contributed by atoms with Crippen LogP contribution in [0.3, 0.4) is 0 Å². The molecule has 1 aromatic rings. The predicted octanol–water partition coefficient (Wildman–Crippen LogP) is 1.49. The van der Waals surface area contributed by atoms with Gasteiger partial charge >= 0.3 is 6.03 Å². The summed E-state index contributed by atoms with van der Waals surface area (Å²) in [6, 6.07) is 6.34. The lowest BCUT2D eigenvalue weighted by molar-refractivity contribution is 0.239. The van der Waals surface area contributed by atoms with E-state index in [2.05, 4.69) is 20.6 Å². The van der Waals surface area contributed by atoms with Crippen LogP contribution in [0.4, 0.5) is 10.5 Å². The predicted molar refractivity (Wildman–Crippen MR) is 83.9 cm³/mol. The Labute approximate surface area is 124 Å². The molecule has 116 valence electrons. The fourth-order valence-corrected chi connectivity index (χ4v) is 2.05. The first-order valence-corrected chi connectivity index (χ1v) is 8.25. The molecule has 0 aliphatic carbocycles. The van der Waals surface area contributed by atoms with Gasteiger partial charge in [-0.3, -0.25) is 4.72 Å². The molecule has 0 saturated heterocycles. The molecule has 0 aliphatic rings. The van der Waals surface area contributed by atoms with Crippen LogP contribution in [-0.2, 0) is 10.0 Å². The number of nitrogens with one attached hydrogen (secondary N) is 3. The fraction of sp³-hybridized carbons (Fsp3) is 0.385. The number of carbonyl (C=O) groups is 1. The van der Waals surface area contributed by atoms with Crippen molar-refractivity contribution in [3.05, 3.63) is 29.8 Å². The third kappa shape index (κ3) is 6.75. The van der Waals surface area contributed by atoms with Gasteiger partial charge in [-0.05, 0) is 38.5 Å². The topological polar surface area (TPSA) is 99.7 Å². The molecule has 0 aliphatic heterocycles. The highest BCUT2D eigenvalue weighted by molar-refractivity contribution is 7.92. The van der Waals surface area contributed by atoms with Crippen LogP contribution >= 0.6 is 0 Å². The second kappa shape index (κ2) is 7.07. The fourth-order valence-electron chi connectivity index (χ4n) is 1.49. The van der Waals surface area contributed by atoms with Crippen molar-refractivity contribution < 1.29 is 13.2 Å². The Balaban J connectivity index is 2.70. The van der Waals surface area contributed by atoms with Crippen LogP contribution in [0.2, 0.25) is 0 Å². The Morgan fingerprint density at radius 2 is 1.76 bits per heavy atom. The number of anilines is 1. The van der Waals surface area contributed by atoms with Gasteiger partial charge in [0, 0.05) is 11.7 Å². The molecule has 0 saturated carbocycles. The third-order valence-corrected chi connectivity index (χ3v) is 2.96. The summed E-state index contributed by atoms with van der Waals surface area (Å²) >= 11 is 0. The lowest BCUT2D eigenvalue weighted by Gasteiger charge is -2.08. The molecule has 7 nitrogen and oxygen atoms in total. The number of carbonyl (C=O) groups excluding carboxylic acids is 1. The van der Waals surface area contributed by atoms with Crippen LogP contribution in [-0.4, -0.2) is 32.5 Å². The second-order valence-corrected chi connectivity index (χ2v) is 6.64. The smallest absolute Gasteiger partial charge is 0.335 e. The van der Waals surface area contributed by atoms with Crippen molar-refractivity contribution >= 4 is 27.5 Å². The molecule has 0 unspecified atom stereocenters. The quantitative estimate of drug-likeness (QED) is 0.567. The van der Waals surface area contributed by atoms with Gasteiger partial charge in [0.1, 0.15) is 0 Å². The van der Waals surface area contributed by atoms with Gasteiger partial charge in [0.15, 0.2) is 0 Å². The lowest BCUT2D eigenvalue weighted by Crippen LogP contribution is -2.37. The van der Waals surface area contributed by atoms with E-state index in [0.29, 0.717) is 11.4 Å². The monoisotopic (exact) mass is 312 g/mol. The van der Waals surface area contributed by atoms with Crippen molar-refractivity contribution in [2.75, 3.05) is 11.0 Å². The summed E-state index contributed by atoms with van der Waals surface area (Å²) in [6.45, 7) is 5.45. The standard InChI is InChI=1S/C13H20N4O3S/c1-9(2)14-13(18)16-15-10(3)11-5-7-12(8-6-11)17-21(4,19)20/h5-9,17H,1-4H3,(H2,14,16,18)/b15-10+. The van der Waals surface area contributed by atoms with Crippen molar-refractivity contribution in [1.82, 2.24) is 10.7 Å². The van der Waals surface area contributed by atoms with E-state index in [1.54, 1.807) is 31.2 Å². The van der Waals surface area contributed by atoms with E-state index >= 15 is 0 Å². The molecule has 1 aromatic carbocycles. The first-order valence-electron chi connectivity index (χ1n) is 6.36. The lowest BCUT2D eigenvalue weighted by atomic mass is 10.1. The number of rotatable bonds is 5. The summed E-state index contributed by atoms with van der Waals surface area (Å²) in [5.74, 6) is 0. The first-order chi connectivity index (χ1) is 9.67. The van der Waals surface area contributed by atoms with Crippen molar-refractivity contribution in [1.29, 1.82) is 0 Å². The van der Waals surface area contributed by atoms with Crippen LogP contribution in [0.1, 0.15) is 26.3 Å². The molecule has 0 radical (unpaired) electrons. The minimum absolute atomic E-state index is 0.0295. The second-order valence-electron chi connectivity index (χ2n) is 4.89. The van der Waals surface area contributed by atoms with Gasteiger partial charge in [0.25, 0.3) is 0 Å². The number of hydrazone groups is 1. The highest BCUT2D eigenvalue weighted by atomic mass is 32.2. The molecule has 0 aromatic heterocycles. The van der Waals surface area contributed by atoms with Crippen LogP contribution < -0.4 is 15.5 Å². The zero-order valence-corrected chi connectivity index (χ0v) is 13.3. The van der Waals surface area contributed by atoms with Crippen molar-refractivity contribution in [3.63, 3.8) is 0 Å². The van der Waals surface area contributed by atoms with Crippen LogP contribution in [0.5, 0.6) is 0 Å². The maximum absolute atomic E-state index is 11.4. The Hall–Kier alpha value is -2.09. The van der Waals surface area contributed by atoms with E-state index in [0.717, 1.165) is 11.8 Å². The van der Waals surface area contributed by atoms with E-state index < -0.39 is 10.0 Å². The van der Waals surface area contributed by atoms with Crippen molar-refractivity contribution in [3.8, 4) is 0 Å². The van der Waals surface area contributed by atoms with Gasteiger partial charge in [0.2, 0.25) is 10.0 Å². The number of nitrogens with zero attached hydrogens (tertiary/aromatic N) is 1. The largest absolute Gasteiger partial charge is 0.335 e. The minimum atomic E-state index is -3.29. The zero-order chi connectivity index (χ0) is 16.0. The van der Waals surface area contributed by atoms with Crippen molar-refractivity contribution in [2.45, 2.75) is 26.8 Å². The molecule has 0 bridgehead atoms. The normalized spacial score (nSPS) is 12.1. The molecule has 1 rings (SSSR count). The third-order valence-electron chi connectivity index (χ3n) is 2.35. The molecule has 0 spiro atoms. The van der Waals surface area contributed by atoms with E-state index in [1.165, 1.54) is 0 Å². The number of hydrogen-bond donors (Lipinski definition) is 3. The van der Waals surface area contributed by atoms with Gasteiger partial charge in [0.05, 0.1) is 12.0 Å². The number of amides is 2. The Bertz CT molecular complexity index is 621. The van der Waals surface area contributed by atoms with Gasteiger partial charge in [-0.2, -0.15) is 5.10 Å². The van der Waals surface area contributed by atoms with Crippen molar-refractivity contribution in [2.24, 2.45) is 5.10 Å². The summed E-state index contributed by atoms with van der Waals surface area (Å²) in [5.41, 5.74) is 4.25. The number of hydrogen-bond acceptors (Lipinski definition) is 4. The molecule has 2 amide bonds. The summed E-state index contributed by atoms with van der Waals surface area (Å²) in [5, 5.41) is 6.62. The molecule has 0 heterocycles. The van der Waals surface area contributed by atoms with E-state index in [1.807, 2.05) is 13.8 Å². The van der Waals surface area contributed by atoms with Crippen LogP contribution in [0, 0.1) is 0 Å². The minimum Gasteiger partial charge on any atom is -0.335 e. The average Bonchev–Trinajstić information content (AvgIpc) is 2.34. The summed E-state index contributed by atoms with van der Waals surface area (Å²) < 4.78 is 24.6. The molecule has 8 heteroatoms. The maximum Gasteiger partial charge on any atom is 0.335 e. The summed E-state index contributed by atoms with van der Waals surface area (Å²) in [4.78, 5) is 11.4. The maximum atomic E-state index is 11.4. The SMILES string of the molecule is C/C(=N\NC(=O)NC(C)C)c1ccc(NS(C)(=O)=O)cc1. The molecule has 21 heavy (non-hydrogen) atoms. The van der Waals surface area contributed by atoms with Gasteiger partial charge < -0.3 is 5.32 Å². The highest BCUT2D eigenvalue weighted by Gasteiger charge is 2.04. The Morgan fingerprint density at radius 1 is 1.19 bits per heavy atom. The van der Waals surface area contributed by atoms with Gasteiger partial charge in [-0.25, -0.2) is 18.6 Å². The van der Waals surface area contributed by atoms with E-state index in [-0.39, 0.29) is 12.1 Å². The van der Waals surface area contributed by atoms with Crippen LogP contribution in [0.25, 0.3) is 0 Å². The Kier molecular flexibility index (Phi) is 5.71. The first kappa shape index (κ1) is 17.0. The average molecular weight is 312 g/mol. The summed E-state index contributed by atoms with van der Waals surface area (Å²) in [7, 11) is -3.29. The van der Waals surface area contributed by atoms with Crippen LogP contribution in [0.15, 0.2) is 29.4 Å². The molecule has 0 atom stereocenters. The number of urea groups is 1. The molecule has 3 N–H and O–H groups in total. The van der Waals surface area contributed by atoms with Gasteiger partial charge in [-0.15, -0.1) is 0 Å². The van der Waals surface area contributed by atoms with Gasteiger partial charge in [-0.1, -0.05) is 12.1 Å². The summed E-state index contributed by atoms with van der Waals surface area (Å²) in [6.07, 6.45) is 1.09. The zero-order valence-electron chi connectivity index (χ0n) is 12.5.